The minimum atomic E-state index is 0.109. The first-order chi connectivity index (χ1) is 8.22. The van der Waals surface area contributed by atoms with Gasteiger partial charge in [-0.3, -0.25) is 4.79 Å². The standard InChI is InChI=1S/C13H22BrNO2/c1-10-12(5-8-17-10)13(16)15-7-2-3-11(9-15)4-6-14/h10-12H,2-9H2,1H3. The predicted molar refractivity (Wildman–Crippen MR) is 71.2 cm³/mol. The second-order valence-corrected chi connectivity index (χ2v) is 6.03. The van der Waals surface area contributed by atoms with Gasteiger partial charge in [-0.15, -0.1) is 0 Å². The molecule has 3 atom stereocenters. The second-order valence-electron chi connectivity index (χ2n) is 5.24. The van der Waals surface area contributed by atoms with Crippen molar-refractivity contribution in [1.82, 2.24) is 4.90 Å². The Morgan fingerprint density at radius 3 is 2.94 bits per heavy atom. The first-order valence-corrected chi connectivity index (χ1v) is 7.81. The fourth-order valence-corrected chi connectivity index (χ4v) is 3.59. The highest BCUT2D eigenvalue weighted by Gasteiger charge is 2.35. The van der Waals surface area contributed by atoms with Crippen LogP contribution in [0.25, 0.3) is 0 Å². The molecule has 0 aromatic carbocycles. The van der Waals surface area contributed by atoms with E-state index >= 15 is 0 Å². The number of carbonyl (C=O) groups is 1. The highest BCUT2D eigenvalue weighted by Crippen LogP contribution is 2.26. The van der Waals surface area contributed by atoms with Gasteiger partial charge >= 0.3 is 0 Å². The van der Waals surface area contributed by atoms with E-state index in [1.165, 1.54) is 12.8 Å². The summed E-state index contributed by atoms with van der Waals surface area (Å²) in [6, 6.07) is 0. The Labute approximate surface area is 112 Å². The van der Waals surface area contributed by atoms with Gasteiger partial charge in [-0.25, -0.2) is 0 Å². The predicted octanol–water partition coefficient (Wildman–Crippen LogP) is 2.44. The van der Waals surface area contributed by atoms with E-state index in [1.54, 1.807) is 0 Å². The second kappa shape index (κ2) is 6.19. The van der Waals surface area contributed by atoms with Crippen LogP contribution in [0, 0.1) is 11.8 Å². The number of ether oxygens (including phenoxy) is 1. The molecule has 0 saturated carbocycles. The van der Waals surface area contributed by atoms with E-state index in [1.807, 2.05) is 6.92 Å². The molecule has 2 fully saturated rings. The fraction of sp³-hybridized carbons (Fsp3) is 0.923. The molecule has 2 heterocycles. The van der Waals surface area contributed by atoms with Gasteiger partial charge in [-0.05, 0) is 38.5 Å². The molecular weight excluding hydrogens is 282 g/mol. The van der Waals surface area contributed by atoms with Gasteiger partial charge in [0.05, 0.1) is 12.0 Å². The Kier molecular flexibility index (Phi) is 4.86. The van der Waals surface area contributed by atoms with Crippen LogP contribution in [-0.2, 0) is 9.53 Å². The summed E-state index contributed by atoms with van der Waals surface area (Å²) in [5.74, 6) is 1.12. The smallest absolute Gasteiger partial charge is 0.228 e. The third-order valence-corrected chi connectivity index (χ3v) is 4.50. The molecule has 98 valence electrons. The lowest BCUT2D eigenvalue weighted by atomic mass is 9.93. The number of nitrogens with zero attached hydrogens (tertiary/aromatic N) is 1. The molecule has 0 aliphatic carbocycles. The van der Waals surface area contributed by atoms with Gasteiger partial charge in [0.1, 0.15) is 0 Å². The SMILES string of the molecule is CC1OCCC1C(=O)N1CCCC(CCBr)C1. The Morgan fingerprint density at radius 1 is 1.47 bits per heavy atom. The lowest BCUT2D eigenvalue weighted by Crippen LogP contribution is -2.44. The van der Waals surface area contributed by atoms with Crippen LogP contribution in [0.4, 0.5) is 0 Å². The molecular formula is C13H22BrNO2. The van der Waals surface area contributed by atoms with E-state index in [9.17, 15) is 4.79 Å². The molecule has 3 nitrogen and oxygen atoms in total. The van der Waals surface area contributed by atoms with Crippen molar-refractivity contribution in [1.29, 1.82) is 0 Å². The zero-order valence-electron chi connectivity index (χ0n) is 10.5. The summed E-state index contributed by atoms with van der Waals surface area (Å²) in [7, 11) is 0. The minimum Gasteiger partial charge on any atom is -0.378 e. The number of hydrogen-bond donors (Lipinski definition) is 0. The maximum atomic E-state index is 12.4. The van der Waals surface area contributed by atoms with Crippen LogP contribution >= 0.6 is 15.9 Å². The zero-order chi connectivity index (χ0) is 12.3. The highest BCUT2D eigenvalue weighted by molar-refractivity contribution is 9.09. The third kappa shape index (κ3) is 3.22. The van der Waals surface area contributed by atoms with E-state index in [4.69, 9.17) is 4.74 Å². The van der Waals surface area contributed by atoms with Gasteiger partial charge in [0.2, 0.25) is 5.91 Å². The zero-order valence-corrected chi connectivity index (χ0v) is 12.1. The van der Waals surface area contributed by atoms with Crippen molar-refractivity contribution in [3.63, 3.8) is 0 Å². The van der Waals surface area contributed by atoms with E-state index < -0.39 is 0 Å². The summed E-state index contributed by atoms with van der Waals surface area (Å²) in [5, 5.41) is 1.04. The van der Waals surface area contributed by atoms with Crippen LogP contribution in [-0.4, -0.2) is 41.9 Å². The fourth-order valence-electron chi connectivity index (χ4n) is 2.95. The van der Waals surface area contributed by atoms with Gasteiger partial charge < -0.3 is 9.64 Å². The molecule has 0 aromatic heterocycles. The van der Waals surface area contributed by atoms with Crippen LogP contribution in [0.3, 0.4) is 0 Å². The molecule has 0 N–H and O–H groups in total. The highest BCUT2D eigenvalue weighted by atomic mass is 79.9. The molecule has 1 amide bonds. The molecule has 3 unspecified atom stereocenters. The first kappa shape index (κ1) is 13.3. The molecule has 0 radical (unpaired) electrons. The lowest BCUT2D eigenvalue weighted by molar-refractivity contribution is -0.138. The average molecular weight is 304 g/mol. The van der Waals surface area contributed by atoms with Gasteiger partial charge in [0.25, 0.3) is 0 Å². The normalized spacial score (nSPS) is 34.0. The van der Waals surface area contributed by atoms with Crippen LogP contribution in [0.15, 0.2) is 0 Å². The van der Waals surface area contributed by atoms with Crippen molar-refractivity contribution in [2.45, 2.75) is 38.7 Å². The maximum Gasteiger partial charge on any atom is 0.228 e. The minimum absolute atomic E-state index is 0.109. The Hall–Kier alpha value is -0.0900. The first-order valence-electron chi connectivity index (χ1n) is 6.68. The largest absolute Gasteiger partial charge is 0.378 e. The number of hydrogen-bond acceptors (Lipinski definition) is 2. The molecule has 0 bridgehead atoms. The number of carbonyl (C=O) groups excluding carboxylic acids is 1. The van der Waals surface area contributed by atoms with Crippen molar-refractivity contribution in [3.8, 4) is 0 Å². The van der Waals surface area contributed by atoms with Crippen molar-refractivity contribution in [2.24, 2.45) is 11.8 Å². The molecule has 2 saturated heterocycles. The van der Waals surface area contributed by atoms with E-state index in [-0.39, 0.29) is 12.0 Å². The summed E-state index contributed by atoms with van der Waals surface area (Å²) in [5.41, 5.74) is 0. The van der Waals surface area contributed by atoms with Gasteiger partial charge in [-0.2, -0.15) is 0 Å². The Balaban J connectivity index is 1.90. The van der Waals surface area contributed by atoms with Crippen molar-refractivity contribution in [3.05, 3.63) is 0 Å². The molecule has 0 aromatic rings. The van der Waals surface area contributed by atoms with Gasteiger partial charge in [0.15, 0.2) is 0 Å². The van der Waals surface area contributed by atoms with Crippen molar-refractivity contribution >= 4 is 21.8 Å². The topological polar surface area (TPSA) is 29.5 Å². The quantitative estimate of drug-likeness (QED) is 0.750. The van der Waals surface area contributed by atoms with Crippen LogP contribution in [0.5, 0.6) is 0 Å². The number of amides is 1. The average Bonchev–Trinajstić information content (AvgIpc) is 2.75. The lowest BCUT2D eigenvalue weighted by Gasteiger charge is -2.34. The molecule has 2 aliphatic heterocycles. The number of piperidine rings is 1. The summed E-state index contributed by atoms with van der Waals surface area (Å²) in [6.45, 7) is 4.67. The number of halogens is 1. The summed E-state index contributed by atoms with van der Waals surface area (Å²) >= 11 is 3.49. The maximum absolute atomic E-state index is 12.4. The molecule has 0 spiro atoms. The molecule has 4 heteroatoms. The van der Waals surface area contributed by atoms with Crippen LogP contribution < -0.4 is 0 Å². The van der Waals surface area contributed by atoms with Crippen molar-refractivity contribution < 1.29 is 9.53 Å². The van der Waals surface area contributed by atoms with Crippen LogP contribution in [0.1, 0.15) is 32.6 Å². The van der Waals surface area contributed by atoms with E-state index in [2.05, 4.69) is 20.8 Å². The molecule has 17 heavy (non-hydrogen) atoms. The number of likely N-dealkylation sites (tertiary alicyclic amines) is 1. The van der Waals surface area contributed by atoms with Gasteiger partial charge in [0, 0.05) is 25.0 Å². The Morgan fingerprint density at radius 2 is 2.29 bits per heavy atom. The summed E-state index contributed by atoms with van der Waals surface area (Å²) < 4.78 is 5.50. The number of alkyl halides is 1. The monoisotopic (exact) mass is 303 g/mol. The molecule has 2 aliphatic rings. The van der Waals surface area contributed by atoms with E-state index in [0.29, 0.717) is 11.8 Å². The van der Waals surface area contributed by atoms with Crippen molar-refractivity contribution in [2.75, 3.05) is 25.0 Å². The van der Waals surface area contributed by atoms with E-state index in [0.717, 1.165) is 37.9 Å². The van der Waals surface area contributed by atoms with Crippen LogP contribution in [0.2, 0.25) is 0 Å². The summed E-state index contributed by atoms with van der Waals surface area (Å²) in [4.78, 5) is 14.5. The third-order valence-electron chi connectivity index (χ3n) is 4.04. The molecule has 2 rings (SSSR count). The Bertz CT molecular complexity index is 270. The summed E-state index contributed by atoms with van der Waals surface area (Å²) in [6.07, 6.45) is 4.62. The van der Waals surface area contributed by atoms with Gasteiger partial charge in [-0.1, -0.05) is 15.9 Å². The number of rotatable bonds is 3.